The summed E-state index contributed by atoms with van der Waals surface area (Å²) in [7, 11) is 0. The Labute approximate surface area is 136 Å². The molecular weight excluding hydrogens is 394 g/mol. The molecule has 0 heterocycles. The predicted octanol–water partition coefficient (Wildman–Crippen LogP) is 4.72. The second-order valence-electron chi connectivity index (χ2n) is 3.85. The predicted molar refractivity (Wildman–Crippen MR) is 90.1 cm³/mol. The van der Waals surface area contributed by atoms with Crippen molar-refractivity contribution >= 4 is 52.0 Å². The van der Waals surface area contributed by atoms with Crippen LogP contribution < -0.4 is 5.43 Å². The van der Waals surface area contributed by atoms with Crippen molar-refractivity contribution in [1.29, 1.82) is 0 Å². The second kappa shape index (κ2) is 7.12. The molecule has 2 nitrogen and oxygen atoms in total. The van der Waals surface area contributed by atoms with Gasteiger partial charge in [0.1, 0.15) is 0 Å². The van der Waals surface area contributed by atoms with E-state index in [0.717, 1.165) is 11.1 Å². The minimum Gasteiger partial charge on any atom is -0.306 e. The zero-order chi connectivity index (χ0) is 13.7. The summed E-state index contributed by atoms with van der Waals surface area (Å²) < 4.78 is 1.18. The van der Waals surface area contributed by atoms with Gasteiger partial charge in [0.15, 0.2) is 0 Å². The third-order valence-electron chi connectivity index (χ3n) is 2.47. The molecule has 2 rings (SSSR count). The van der Waals surface area contributed by atoms with Crippen LogP contribution in [0.1, 0.15) is 11.1 Å². The fourth-order valence-corrected chi connectivity index (χ4v) is 2.63. The molecule has 0 aliphatic carbocycles. The van der Waals surface area contributed by atoms with Crippen LogP contribution in [0.4, 0.5) is 0 Å². The average molecular weight is 405 g/mol. The number of benzene rings is 2. The van der Waals surface area contributed by atoms with Crippen LogP contribution in [0.3, 0.4) is 0 Å². The zero-order valence-electron chi connectivity index (χ0n) is 9.91. The summed E-state index contributed by atoms with van der Waals surface area (Å²) in [6, 6.07) is 13.5. The van der Waals surface area contributed by atoms with Gasteiger partial charge in [-0.25, -0.2) is 0 Å². The Hall–Kier alpha value is -0.780. The summed E-state index contributed by atoms with van der Waals surface area (Å²) in [4.78, 5) is 0. The Bertz CT molecular complexity index is 579. The van der Waals surface area contributed by atoms with E-state index in [4.69, 9.17) is 23.2 Å². The van der Waals surface area contributed by atoms with Crippen LogP contribution in [0, 0.1) is 3.57 Å². The van der Waals surface area contributed by atoms with Crippen molar-refractivity contribution in [1.82, 2.24) is 5.43 Å². The third kappa shape index (κ3) is 4.37. The van der Waals surface area contributed by atoms with Crippen LogP contribution in [0.2, 0.25) is 10.0 Å². The van der Waals surface area contributed by atoms with Gasteiger partial charge in [-0.3, -0.25) is 0 Å². The summed E-state index contributed by atoms with van der Waals surface area (Å²) in [5.74, 6) is 0. The lowest BCUT2D eigenvalue weighted by atomic mass is 10.2. The first-order chi connectivity index (χ1) is 9.16. The van der Waals surface area contributed by atoms with E-state index in [-0.39, 0.29) is 0 Å². The number of nitrogens with zero attached hydrogens (tertiary/aromatic N) is 1. The van der Waals surface area contributed by atoms with Crippen LogP contribution in [-0.2, 0) is 6.54 Å². The monoisotopic (exact) mass is 404 g/mol. The normalized spacial score (nSPS) is 10.9. The van der Waals surface area contributed by atoms with Crippen molar-refractivity contribution < 1.29 is 0 Å². The summed E-state index contributed by atoms with van der Waals surface area (Å²) >= 11 is 14.4. The topological polar surface area (TPSA) is 24.4 Å². The summed E-state index contributed by atoms with van der Waals surface area (Å²) in [6.45, 7) is 0.499. The van der Waals surface area contributed by atoms with Gasteiger partial charge in [-0.15, -0.1) is 0 Å². The Morgan fingerprint density at radius 3 is 2.47 bits per heavy atom. The Morgan fingerprint density at radius 2 is 1.79 bits per heavy atom. The minimum atomic E-state index is 0.499. The van der Waals surface area contributed by atoms with Crippen molar-refractivity contribution in [3.05, 3.63) is 67.2 Å². The Morgan fingerprint density at radius 1 is 1.11 bits per heavy atom. The molecule has 0 saturated carbocycles. The molecule has 5 heteroatoms. The lowest BCUT2D eigenvalue weighted by Gasteiger charge is -2.05. The zero-order valence-corrected chi connectivity index (χ0v) is 13.6. The second-order valence-corrected chi connectivity index (χ2v) is 5.91. The van der Waals surface area contributed by atoms with E-state index in [0.29, 0.717) is 16.6 Å². The van der Waals surface area contributed by atoms with E-state index >= 15 is 0 Å². The smallest absolute Gasteiger partial charge is 0.0609 e. The Kier molecular flexibility index (Phi) is 5.48. The van der Waals surface area contributed by atoms with Crippen molar-refractivity contribution in [2.24, 2.45) is 5.10 Å². The largest absolute Gasteiger partial charge is 0.306 e. The number of rotatable bonds is 4. The van der Waals surface area contributed by atoms with Gasteiger partial charge >= 0.3 is 0 Å². The van der Waals surface area contributed by atoms with E-state index < -0.39 is 0 Å². The highest BCUT2D eigenvalue weighted by atomic mass is 127. The molecule has 0 aliphatic rings. The number of halogens is 3. The molecule has 0 radical (unpaired) electrons. The molecule has 0 saturated heterocycles. The van der Waals surface area contributed by atoms with Gasteiger partial charge in [0.2, 0.25) is 0 Å². The maximum atomic E-state index is 6.07. The Balaban J connectivity index is 1.97. The minimum absolute atomic E-state index is 0.499. The highest BCUT2D eigenvalue weighted by molar-refractivity contribution is 14.1. The SMILES string of the molecule is Clc1cccc(Cl)c1CN/N=C/c1cccc(I)c1. The fourth-order valence-electron chi connectivity index (χ4n) is 1.53. The number of hydrazone groups is 1. The molecule has 98 valence electrons. The van der Waals surface area contributed by atoms with Gasteiger partial charge < -0.3 is 5.43 Å². The summed E-state index contributed by atoms with van der Waals surface area (Å²) in [5.41, 5.74) is 4.85. The van der Waals surface area contributed by atoms with Gasteiger partial charge in [-0.1, -0.05) is 41.4 Å². The molecule has 1 N–H and O–H groups in total. The van der Waals surface area contributed by atoms with Gasteiger partial charge in [-0.05, 0) is 52.4 Å². The lowest BCUT2D eigenvalue weighted by Crippen LogP contribution is -2.06. The van der Waals surface area contributed by atoms with E-state index in [9.17, 15) is 0 Å². The van der Waals surface area contributed by atoms with E-state index in [1.54, 1.807) is 6.21 Å². The lowest BCUT2D eigenvalue weighted by molar-refractivity contribution is 0.748. The van der Waals surface area contributed by atoms with Crippen LogP contribution in [0.5, 0.6) is 0 Å². The molecular formula is C14H11Cl2IN2. The van der Waals surface area contributed by atoms with Crippen molar-refractivity contribution in [3.8, 4) is 0 Å². The average Bonchev–Trinajstić information content (AvgIpc) is 2.37. The maximum Gasteiger partial charge on any atom is 0.0609 e. The first-order valence-electron chi connectivity index (χ1n) is 5.61. The van der Waals surface area contributed by atoms with Crippen molar-refractivity contribution in [2.75, 3.05) is 0 Å². The molecule has 0 unspecified atom stereocenters. The van der Waals surface area contributed by atoms with Crippen LogP contribution in [-0.4, -0.2) is 6.21 Å². The first-order valence-corrected chi connectivity index (χ1v) is 7.44. The molecule has 2 aromatic carbocycles. The van der Waals surface area contributed by atoms with Gasteiger partial charge in [0.25, 0.3) is 0 Å². The van der Waals surface area contributed by atoms with Gasteiger partial charge in [0.05, 0.1) is 12.8 Å². The van der Waals surface area contributed by atoms with E-state index in [2.05, 4.69) is 33.1 Å². The standard InChI is InChI=1S/C14H11Cl2IN2/c15-13-5-2-6-14(16)12(13)9-19-18-8-10-3-1-4-11(17)7-10/h1-8,19H,9H2/b18-8+. The third-order valence-corrected chi connectivity index (χ3v) is 3.85. The highest BCUT2D eigenvalue weighted by Crippen LogP contribution is 2.23. The molecule has 0 aromatic heterocycles. The van der Waals surface area contributed by atoms with E-state index in [1.807, 2.05) is 42.5 Å². The van der Waals surface area contributed by atoms with Crippen LogP contribution >= 0.6 is 45.8 Å². The van der Waals surface area contributed by atoms with Gasteiger partial charge in [0, 0.05) is 19.2 Å². The number of hydrogen-bond donors (Lipinski definition) is 1. The first kappa shape index (κ1) is 14.6. The van der Waals surface area contributed by atoms with Gasteiger partial charge in [-0.2, -0.15) is 5.10 Å². The molecule has 0 fully saturated rings. The molecule has 0 bridgehead atoms. The fraction of sp³-hybridized carbons (Fsp3) is 0.0714. The molecule has 2 aromatic rings. The quantitative estimate of drug-likeness (QED) is 0.445. The molecule has 0 atom stereocenters. The number of nitrogens with one attached hydrogen (secondary N) is 1. The van der Waals surface area contributed by atoms with Crippen LogP contribution in [0.25, 0.3) is 0 Å². The molecule has 0 amide bonds. The van der Waals surface area contributed by atoms with Crippen LogP contribution in [0.15, 0.2) is 47.6 Å². The van der Waals surface area contributed by atoms with Crippen molar-refractivity contribution in [2.45, 2.75) is 6.54 Å². The molecule has 0 aliphatic heterocycles. The molecule has 19 heavy (non-hydrogen) atoms. The summed E-state index contributed by atoms with van der Waals surface area (Å²) in [6.07, 6.45) is 1.77. The number of hydrogen-bond acceptors (Lipinski definition) is 2. The summed E-state index contributed by atoms with van der Waals surface area (Å²) in [5, 5.41) is 5.45. The maximum absolute atomic E-state index is 6.07. The highest BCUT2D eigenvalue weighted by Gasteiger charge is 2.03. The van der Waals surface area contributed by atoms with E-state index in [1.165, 1.54) is 3.57 Å². The molecule has 0 spiro atoms. The van der Waals surface area contributed by atoms with Crippen molar-refractivity contribution in [3.63, 3.8) is 0 Å².